The predicted octanol–water partition coefficient (Wildman–Crippen LogP) is 8.37. The maximum absolute atomic E-state index is 9.25. The second-order valence-corrected chi connectivity index (χ2v) is 15.1. The van der Waals surface area contributed by atoms with Gasteiger partial charge < -0.3 is 11.0 Å². The molecule has 0 aliphatic carbocycles. The van der Waals surface area contributed by atoms with E-state index in [0.717, 1.165) is 31.8 Å². The van der Waals surface area contributed by atoms with E-state index >= 15 is 0 Å². The Balaban J connectivity index is 0.000000216. The van der Waals surface area contributed by atoms with Gasteiger partial charge in [-0.3, -0.25) is 0 Å². The Kier molecular flexibility index (Phi) is 17.4. The van der Waals surface area contributed by atoms with Crippen molar-refractivity contribution in [2.45, 2.75) is 0 Å². The van der Waals surface area contributed by atoms with Gasteiger partial charge in [0.1, 0.15) is 0 Å². The van der Waals surface area contributed by atoms with E-state index in [1.807, 2.05) is 109 Å². The Hall–Kier alpha value is -0.843. The van der Waals surface area contributed by atoms with Crippen LogP contribution in [0.5, 0.6) is 0 Å². The molecule has 2 radical (unpaired) electrons. The van der Waals surface area contributed by atoms with Crippen LogP contribution in [0.2, 0.25) is 0 Å². The molecule has 44 heavy (non-hydrogen) atoms. The van der Waals surface area contributed by atoms with Crippen molar-refractivity contribution in [3.63, 3.8) is 0 Å². The first kappa shape index (κ1) is 37.6. The van der Waals surface area contributed by atoms with E-state index in [4.69, 9.17) is 0 Å². The average molecular weight is 1050 g/mol. The van der Waals surface area contributed by atoms with E-state index in [9.17, 15) is 11.0 Å². The molecule has 6 rings (SSSR count). The number of benzene rings is 6. The van der Waals surface area contributed by atoms with Crippen molar-refractivity contribution in [3.05, 3.63) is 193 Å². The van der Waals surface area contributed by atoms with Gasteiger partial charge in [-0.2, -0.15) is 0 Å². The fourth-order valence-corrected chi connectivity index (χ4v) is 10.3. The van der Waals surface area contributed by atoms with Crippen LogP contribution in [0, 0.1) is 0 Å². The molecule has 0 heterocycles. The molecule has 0 aliphatic heterocycles. The van der Waals surface area contributed by atoms with Crippen LogP contribution in [-0.4, -0.2) is 37.1 Å². The van der Waals surface area contributed by atoms with Gasteiger partial charge in [0.25, 0.3) is 0 Å². The second kappa shape index (κ2) is 20.4. The summed E-state index contributed by atoms with van der Waals surface area (Å²) >= 11 is 7.20. The molecule has 6 aromatic rings. The standard InChI is InChI=1S/2C18H16NP.2HI.2Sn.2H/c2*19-20(16-10-4-1-5-11-16,17-12-6-2-7-13-17)18-14-8-3-9-15-18;;;;;;/h2*1-15,19H;2*1H;;;;/q;;;;+1;+3;;/p-2. The third kappa shape index (κ3) is 9.60. The zero-order valence-corrected chi connectivity index (χ0v) is 36.8. The topological polar surface area (TPSA) is 47.6 Å². The molecule has 8 heteroatoms. The summed E-state index contributed by atoms with van der Waals surface area (Å²) in [5.41, 5.74) is 18.5. The van der Waals surface area contributed by atoms with E-state index in [-0.39, 0.29) is 0 Å². The molecule has 0 fully saturated rings. The molecule has 0 aromatic heterocycles. The molecule has 0 aliphatic rings. The molecule has 0 unspecified atom stereocenters. The molecule has 0 saturated heterocycles. The van der Waals surface area contributed by atoms with Crippen LogP contribution in [-0.2, 0) is 0 Å². The van der Waals surface area contributed by atoms with Crippen molar-refractivity contribution in [2.75, 3.05) is 0 Å². The van der Waals surface area contributed by atoms with Gasteiger partial charge in [-0.05, 0) is 72.8 Å². The number of hydrogen-bond donors (Lipinski definition) is 0. The third-order valence-electron chi connectivity index (χ3n) is 6.86. The number of hydrogen-bond acceptors (Lipinski definition) is 0. The molecular formula is C36H34I2N2P2Sn2+2. The molecule has 0 saturated carbocycles. The van der Waals surface area contributed by atoms with Crippen LogP contribution < -0.4 is 31.8 Å². The third-order valence-corrected chi connectivity index (χ3v) is 13.3. The first-order chi connectivity index (χ1) is 21.6. The molecule has 0 atom stereocenters. The van der Waals surface area contributed by atoms with Crippen LogP contribution in [0.4, 0.5) is 0 Å². The van der Waals surface area contributed by atoms with Crippen molar-refractivity contribution >= 4 is 121 Å². The molecule has 218 valence electrons. The van der Waals surface area contributed by atoms with E-state index in [1.165, 1.54) is 37.1 Å². The van der Waals surface area contributed by atoms with Gasteiger partial charge >= 0.3 is 74.4 Å². The van der Waals surface area contributed by atoms with Gasteiger partial charge in [0.2, 0.25) is 0 Å². The zero-order chi connectivity index (χ0) is 31.7. The van der Waals surface area contributed by atoms with E-state index in [2.05, 4.69) is 110 Å². The summed E-state index contributed by atoms with van der Waals surface area (Å²) < 4.78 is 0. The first-order valence-electron chi connectivity index (χ1n) is 13.7. The summed E-state index contributed by atoms with van der Waals surface area (Å²) in [5, 5.41) is 6.57. The fourth-order valence-electron chi connectivity index (χ4n) is 4.80. The minimum absolute atomic E-state index is 1.09. The average Bonchev–Trinajstić information content (AvgIpc) is 3.15. The number of rotatable bonds is 6. The van der Waals surface area contributed by atoms with Crippen molar-refractivity contribution in [2.24, 2.45) is 0 Å². The van der Waals surface area contributed by atoms with Crippen LogP contribution in [0.25, 0.3) is 11.0 Å². The summed E-state index contributed by atoms with van der Waals surface area (Å²) in [5.74, 6) is 0. The summed E-state index contributed by atoms with van der Waals surface area (Å²) in [6.45, 7) is 0. The molecule has 2 nitrogen and oxygen atoms in total. The van der Waals surface area contributed by atoms with Crippen molar-refractivity contribution in [3.8, 4) is 0 Å². The summed E-state index contributed by atoms with van der Waals surface area (Å²) in [6.07, 6.45) is 0. The molecular weight excluding hydrogens is 1010 g/mol. The summed E-state index contributed by atoms with van der Waals surface area (Å²) in [4.78, 5) is 0. The van der Waals surface area contributed by atoms with Gasteiger partial charge in [-0.15, -0.1) is 0 Å². The van der Waals surface area contributed by atoms with E-state index in [1.54, 1.807) is 0 Å². The number of nitrogens with one attached hydrogen (secondary N) is 2. The number of halogens is 2. The summed E-state index contributed by atoms with van der Waals surface area (Å²) in [7, 11) is -4.55. The molecule has 0 spiro atoms. The SMILES string of the molecule is [NH-][P+](c1ccccc1)(c1ccccc1)c1ccccc1.[NH-][P+](c1ccccc1)(c1ccccc1)c1ccccc1.[SnH+2][I].[SnH][I]. The van der Waals surface area contributed by atoms with Crippen molar-refractivity contribution in [1.29, 1.82) is 0 Å². The van der Waals surface area contributed by atoms with Crippen molar-refractivity contribution < 1.29 is 0 Å². The van der Waals surface area contributed by atoms with Gasteiger partial charge in [0.15, 0.2) is 0 Å². The summed E-state index contributed by atoms with van der Waals surface area (Å²) in [6, 6.07) is 61.1. The maximum atomic E-state index is 9.25. The minimum atomic E-state index is -2.28. The normalized spacial score (nSPS) is 10.5. The van der Waals surface area contributed by atoms with Crippen LogP contribution in [0.15, 0.2) is 182 Å². The Morgan fingerprint density at radius 3 is 0.545 bits per heavy atom. The first-order valence-corrected chi connectivity index (χ1v) is 36.5. The van der Waals surface area contributed by atoms with Crippen LogP contribution in [0.3, 0.4) is 0 Å². The van der Waals surface area contributed by atoms with Crippen molar-refractivity contribution in [1.82, 2.24) is 0 Å². The Morgan fingerprint density at radius 1 is 0.318 bits per heavy atom. The van der Waals surface area contributed by atoms with E-state index in [0.29, 0.717) is 0 Å². The quantitative estimate of drug-likeness (QED) is 0.0916. The Labute approximate surface area is 310 Å². The van der Waals surface area contributed by atoms with Gasteiger partial charge in [-0.25, -0.2) is 0 Å². The van der Waals surface area contributed by atoms with Crippen LogP contribution >= 0.6 is 52.1 Å². The Morgan fingerprint density at radius 2 is 0.432 bits per heavy atom. The van der Waals surface area contributed by atoms with Gasteiger partial charge in [-0.1, -0.05) is 109 Å². The second-order valence-electron chi connectivity index (χ2n) is 9.35. The molecule has 6 aromatic carbocycles. The van der Waals surface area contributed by atoms with E-state index < -0.39 is 14.8 Å². The fraction of sp³-hybridized carbons (Fsp3) is 0. The molecule has 0 bridgehead atoms. The molecule has 2 N–H and O–H groups in total. The Bertz CT molecular complexity index is 1290. The van der Waals surface area contributed by atoms with Crippen LogP contribution in [0.1, 0.15) is 0 Å². The van der Waals surface area contributed by atoms with Gasteiger partial charge in [0.05, 0.1) is 31.8 Å². The predicted molar refractivity (Wildman–Crippen MR) is 221 cm³/mol. The van der Waals surface area contributed by atoms with Gasteiger partial charge in [0, 0.05) is 14.8 Å². The zero-order valence-electron chi connectivity index (χ0n) is 24.1. The monoisotopic (exact) mass is 1050 g/mol. The molecule has 0 amide bonds.